The zero-order valence-corrected chi connectivity index (χ0v) is 15.6. The van der Waals surface area contributed by atoms with Crippen LogP contribution in [0.4, 0.5) is 0 Å². The van der Waals surface area contributed by atoms with Crippen LogP contribution in [0.3, 0.4) is 0 Å². The number of aliphatic hydroxyl groups excluding tert-OH is 1. The molecule has 1 aromatic carbocycles. The molecule has 1 N–H and O–H groups in total. The Morgan fingerprint density at radius 1 is 1.09 bits per heavy atom. The number of hydrogen-bond donors (Lipinski definition) is 1. The second-order valence-corrected chi connectivity index (χ2v) is 8.28. The number of benzene rings is 1. The van der Waals surface area contributed by atoms with Crippen LogP contribution < -0.4 is 0 Å². The largest absolute Gasteiger partial charge is 0.393 e. The Morgan fingerprint density at radius 3 is 2.57 bits per heavy atom. The SMILES string of the molecule is CC.Cc1ccc2c(c1)[C@@H](C)CC1C2CC[C@@]2(C)C1CC[C@@H]2O. The lowest BCUT2D eigenvalue weighted by molar-refractivity contribution is -0.0245. The Bertz CT molecular complexity index is 563. The molecule has 0 aromatic heterocycles. The summed E-state index contributed by atoms with van der Waals surface area (Å²) in [6.07, 6.45) is 6.03. The van der Waals surface area contributed by atoms with Gasteiger partial charge in [-0.05, 0) is 79.2 Å². The fourth-order valence-electron chi connectivity index (χ4n) is 5.97. The summed E-state index contributed by atoms with van der Waals surface area (Å²) in [5.74, 6) is 2.97. The van der Waals surface area contributed by atoms with Gasteiger partial charge in [0.1, 0.15) is 0 Å². The minimum atomic E-state index is -0.0572. The second kappa shape index (κ2) is 6.24. The first kappa shape index (κ1) is 17.0. The molecule has 0 amide bonds. The third-order valence-corrected chi connectivity index (χ3v) is 7.19. The molecular weight excluding hydrogens is 280 g/mol. The molecule has 128 valence electrons. The molecule has 1 nitrogen and oxygen atoms in total. The topological polar surface area (TPSA) is 20.2 Å². The van der Waals surface area contributed by atoms with Gasteiger partial charge >= 0.3 is 0 Å². The van der Waals surface area contributed by atoms with Crippen molar-refractivity contribution in [3.63, 3.8) is 0 Å². The zero-order chi connectivity index (χ0) is 16.8. The van der Waals surface area contributed by atoms with Gasteiger partial charge in [-0.1, -0.05) is 51.5 Å². The molecule has 1 aromatic rings. The molecule has 3 aliphatic rings. The van der Waals surface area contributed by atoms with E-state index in [4.69, 9.17) is 0 Å². The Morgan fingerprint density at radius 2 is 1.83 bits per heavy atom. The highest BCUT2D eigenvalue weighted by Gasteiger charge is 2.54. The monoisotopic (exact) mass is 314 g/mol. The van der Waals surface area contributed by atoms with Gasteiger partial charge in [-0.15, -0.1) is 0 Å². The molecule has 0 radical (unpaired) electrons. The van der Waals surface area contributed by atoms with E-state index in [0.29, 0.717) is 5.92 Å². The minimum absolute atomic E-state index is 0.0572. The first-order valence-electron chi connectivity index (χ1n) is 9.79. The molecule has 0 heterocycles. The molecule has 3 aliphatic carbocycles. The molecular formula is C22H34O. The highest BCUT2D eigenvalue weighted by atomic mass is 16.3. The summed E-state index contributed by atoms with van der Waals surface area (Å²) in [7, 11) is 0. The van der Waals surface area contributed by atoms with Crippen molar-refractivity contribution in [3.05, 3.63) is 34.9 Å². The molecule has 6 atom stereocenters. The number of aryl methyl sites for hydroxylation is 1. The van der Waals surface area contributed by atoms with E-state index in [1.807, 2.05) is 13.8 Å². The van der Waals surface area contributed by atoms with Crippen molar-refractivity contribution in [1.29, 1.82) is 0 Å². The summed E-state index contributed by atoms with van der Waals surface area (Å²) in [4.78, 5) is 0. The van der Waals surface area contributed by atoms with E-state index in [0.717, 1.165) is 24.2 Å². The van der Waals surface area contributed by atoms with Crippen LogP contribution in [0.2, 0.25) is 0 Å². The van der Waals surface area contributed by atoms with Crippen LogP contribution in [0.1, 0.15) is 88.3 Å². The van der Waals surface area contributed by atoms with Gasteiger partial charge in [0.05, 0.1) is 6.10 Å². The lowest BCUT2D eigenvalue weighted by atomic mass is 9.54. The van der Waals surface area contributed by atoms with Gasteiger partial charge in [0, 0.05) is 0 Å². The number of aliphatic hydroxyl groups is 1. The quantitative estimate of drug-likeness (QED) is 0.641. The van der Waals surface area contributed by atoms with Gasteiger partial charge in [0.25, 0.3) is 0 Å². The Kier molecular flexibility index (Phi) is 4.62. The summed E-state index contributed by atoms with van der Waals surface area (Å²) < 4.78 is 0. The average Bonchev–Trinajstić information content (AvgIpc) is 2.86. The number of rotatable bonds is 0. The molecule has 0 aliphatic heterocycles. The van der Waals surface area contributed by atoms with Crippen LogP contribution in [-0.4, -0.2) is 11.2 Å². The van der Waals surface area contributed by atoms with Crippen LogP contribution in [0.25, 0.3) is 0 Å². The maximum Gasteiger partial charge on any atom is 0.0596 e. The molecule has 4 rings (SSSR count). The maximum absolute atomic E-state index is 10.5. The van der Waals surface area contributed by atoms with Crippen LogP contribution >= 0.6 is 0 Å². The van der Waals surface area contributed by atoms with E-state index in [2.05, 4.69) is 39.0 Å². The van der Waals surface area contributed by atoms with Gasteiger partial charge in [-0.3, -0.25) is 0 Å². The molecule has 0 spiro atoms. The van der Waals surface area contributed by atoms with Crippen molar-refractivity contribution in [2.45, 2.75) is 84.7 Å². The number of hydrogen-bond acceptors (Lipinski definition) is 1. The van der Waals surface area contributed by atoms with E-state index < -0.39 is 0 Å². The van der Waals surface area contributed by atoms with Crippen LogP contribution in [-0.2, 0) is 0 Å². The normalized spacial score (nSPS) is 41.2. The first-order valence-corrected chi connectivity index (χ1v) is 9.79. The maximum atomic E-state index is 10.5. The zero-order valence-electron chi connectivity index (χ0n) is 15.6. The van der Waals surface area contributed by atoms with Crippen LogP contribution in [0.5, 0.6) is 0 Å². The van der Waals surface area contributed by atoms with Gasteiger partial charge < -0.3 is 5.11 Å². The van der Waals surface area contributed by atoms with Crippen molar-refractivity contribution < 1.29 is 5.11 Å². The molecule has 2 fully saturated rings. The minimum Gasteiger partial charge on any atom is -0.393 e. The Hall–Kier alpha value is -0.820. The van der Waals surface area contributed by atoms with Crippen molar-refractivity contribution in [3.8, 4) is 0 Å². The molecule has 2 saturated carbocycles. The number of fused-ring (bicyclic) bond motifs is 5. The third kappa shape index (κ3) is 2.56. The van der Waals surface area contributed by atoms with Gasteiger partial charge in [0.2, 0.25) is 0 Å². The van der Waals surface area contributed by atoms with Gasteiger partial charge in [-0.25, -0.2) is 0 Å². The lowest BCUT2D eigenvalue weighted by Crippen LogP contribution is -2.44. The first-order chi connectivity index (χ1) is 11.0. The van der Waals surface area contributed by atoms with Crippen molar-refractivity contribution >= 4 is 0 Å². The molecule has 1 heteroatoms. The van der Waals surface area contributed by atoms with Gasteiger partial charge in [-0.2, -0.15) is 0 Å². The highest BCUT2D eigenvalue weighted by molar-refractivity contribution is 5.40. The smallest absolute Gasteiger partial charge is 0.0596 e. The molecule has 0 saturated heterocycles. The average molecular weight is 315 g/mol. The Labute approximate surface area is 142 Å². The van der Waals surface area contributed by atoms with E-state index >= 15 is 0 Å². The van der Waals surface area contributed by atoms with E-state index in [1.165, 1.54) is 31.2 Å². The van der Waals surface area contributed by atoms with Crippen molar-refractivity contribution in [2.24, 2.45) is 17.3 Å². The van der Waals surface area contributed by atoms with Crippen molar-refractivity contribution in [2.75, 3.05) is 0 Å². The van der Waals surface area contributed by atoms with Crippen molar-refractivity contribution in [1.82, 2.24) is 0 Å². The van der Waals surface area contributed by atoms with E-state index in [9.17, 15) is 5.11 Å². The predicted molar refractivity (Wildman–Crippen MR) is 97.9 cm³/mol. The molecule has 0 bridgehead atoms. The predicted octanol–water partition coefficient (Wildman–Crippen LogP) is 5.80. The second-order valence-electron chi connectivity index (χ2n) is 8.28. The molecule has 3 unspecified atom stereocenters. The molecule has 23 heavy (non-hydrogen) atoms. The van der Waals surface area contributed by atoms with Crippen LogP contribution in [0, 0.1) is 24.2 Å². The fourth-order valence-corrected chi connectivity index (χ4v) is 5.97. The van der Waals surface area contributed by atoms with E-state index in [-0.39, 0.29) is 11.5 Å². The summed E-state index contributed by atoms with van der Waals surface area (Å²) >= 11 is 0. The summed E-state index contributed by atoms with van der Waals surface area (Å²) in [6.45, 7) is 11.0. The lowest BCUT2D eigenvalue weighted by Gasteiger charge is -2.51. The highest BCUT2D eigenvalue weighted by Crippen LogP contribution is 2.62. The van der Waals surface area contributed by atoms with E-state index in [1.54, 1.807) is 11.1 Å². The fraction of sp³-hybridized carbons (Fsp3) is 0.727. The third-order valence-electron chi connectivity index (χ3n) is 7.19. The summed E-state index contributed by atoms with van der Waals surface area (Å²) in [6, 6.07) is 7.13. The standard InChI is InChI=1S/C20H28O.C2H6/c1-12-4-5-14-15-8-9-20(3)18(6-7-19(20)21)17(15)11-13(2)16(14)10-12;1-2/h4-5,10,13,15,17-19,21H,6-9,11H2,1-3H3;1-2H3/t13-,15?,17?,18?,19-,20-;/m0./s1. The summed E-state index contributed by atoms with van der Waals surface area (Å²) in [5.41, 5.74) is 4.84. The summed E-state index contributed by atoms with van der Waals surface area (Å²) in [5, 5.41) is 10.5. The van der Waals surface area contributed by atoms with Crippen LogP contribution in [0.15, 0.2) is 18.2 Å². The van der Waals surface area contributed by atoms with Gasteiger partial charge in [0.15, 0.2) is 0 Å². The Balaban J connectivity index is 0.000000753.